The molecule has 0 bridgehead atoms. The monoisotopic (exact) mass is 446 g/mol. The summed E-state index contributed by atoms with van der Waals surface area (Å²) in [6.45, 7) is 3.96. The molecule has 0 amide bonds. The predicted octanol–water partition coefficient (Wildman–Crippen LogP) is 5.22. The van der Waals surface area contributed by atoms with Crippen LogP contribution in [0.1, 0.15) is 26.2 Å². The molecular formula is C22H23ClN2O4S. The zero-order chi connectivity index (χ0) is 21.1. The van der Waals surface area contributed by atoms with Gasteiger partial charge in [0.2, 0.25) is 26.6 Å². The molecule has 0 saturated carbocycles. The highest BCUT2D eigenvalue weighted by atomic mass is 35.5. The minimum atomic E-state index is -3.87. The van der Waals surface area contributed by atoms with Crippen LogP contribution in [0.15, 0.2) is 62.9 Å². The van der Waals surface area contributed by atoms with E-state index in [0.717, 1.165) is 38.1 Å². The Labute approximate surface area is 181 Å². The second kappa shape index (κ2) is 8.70. The fourth-order valence-corrected chi connectivity index (χ4v) is 4.93. The van der Waals surface area contributed by atoms with Crippen molar-refractivity contribution in [1.29, 1.82) is 0 Å². The number of oxazole rings is 1. The summed E-state index contributed by atoms with van der Waals surface area (Å²) in [7, 11) is -3.87. The van der Waals surface area contributed by atoms with E-state index in [9.17, 15) is 8.42 Å². The summed E-state index contributed by atoms with van der Waals surface area (Å²) in [5, 5.41) is 0.413. The summed E-state index contributed by atoms with van der Waals surface area (Å²) in [6.07, 6.45) is 3.09. The molecule has 0 spiro atoms. The Hall–Kier alpha value is -2.51. The van der Waals surface area contributed by atoms with Gasteiger partial charge in [0.25, 0.3) is 0 Å². The van der Waals surface area contributed by atoms with Gasteiger partial charge < -0.3 is 14.1 Å². The van der Waals surface area contributed by atoms with Gasteiger partial charge in [-0.05, 0) is 74.7 Å². The van der Waals surface area contributed by atoms with E-state index in [-0.39, 0.29) is 15.8 Å². The Morgan fingerprint density at radius 2 is 1.70 bits per heavy atom. The van der Waals surface area contributed by atoms with Gasteiger partial charge in [-0.3, -0.25) is 0 Å². The van der Waals surface area contributed by atoms with Crippen LogP contribution in [-0.4, -0.2) is 33.1 Å². The molecule has 30 heavy (non-hydrogen) atoms. The average Bonchev–Trinajstić information content (AvgIpc) is 3.22. The lowest BCUT2D eigenvalue weighted by molar-refractivity contribution is 0.340. The van der Waals surface area contributed by atoms with Crippen LogP contribution in [0.5, 0.6) is 5.75 Å². The van der Waals surface area contributed by atoms with E-state index >= 15 is 0 Å². The second-order valence-electron chi connectivity index (χ2n) is 7.09. The third kappa shape index (κ3) is 4.18. The summed E-state index contributed by atoms with van der Waals surface area (Å²) < 4.78 is 38.3. The first-order valence-corrected chi connectivity index (χ1v) is 11.8. The van der Waals surface area contributed by atoms with Crippen LogP contribution in [0.2, 0.25) is 5.02 Å². The molecule has 1 aromatic heterocycles. The fraction of sp³-hybridized carbons (Fsp3) is 0.318. The minimum Gasteiger partial charge on any atom is -0.494 e. The zero-order valence-electron chi connectivity index (χ0n) is 16.7. The van der Waals surface area contributed by atoms with E-state index in [1.165, 1.54) is 12.1 Å². The SMILES string of the molecule is CCOc1ccc(-c2nc(S(=O)(=O)c3ccc(Cl)cc3)c(N3CCCCC3)o2)cc1. The van der Waals surface area contributed by atoms with Crippen LogP contribution in [-0.2, 0) is 9.84 Å². The minimum absolute atomic E-state index is 0.0596. The number of aromatic nitrogens is 1. The molecule has 2 aromatic carbocycles. The third-order valence-corrected chi connectivity index (χ3v) is 6.93. The van der Waals surface area contributed by atoms with Gasteiger partial charge in [-0.1, -0.05) is 11.6 Å². The molecule has 0 unspecified atom stereocenters. The summed E-state index contributed by atoms with van der Waals surface area (Å²) >= 11 is 5.93. The number of nitrogens with zero attached hydrogens (tertiary/aromatic N) is 2. The lowest BCUT2D eigenvalue weighted by Gasteiger charge is -2.26. The van der Waals surface area contributed by atoms with Crippen LogP contribution < -0.4 is 9.64 Å². The van der Waals surface area contributed by atoms with Crippen LogP contribution in [0.25, 0.3) is 11.5 Å². The maximum absolute atomic E-state index is 13.4. The molecule has 1 aliphatic heterocycles. The summed E-state index contributed by atoms with van der Waals surface area (Å²) in [6, 6.07) is 13.4. The van der Waals surface area contributed by atoms with Crippen LogP contribution in [0.4, 0.5) is 5.88 Å². The topological polar surface area (TPSA) is 72.6 Å². The third-order valence-electron chi connectivity index (χ3n) is 5.01. The lowest BCUT2D eigenvalue weighted by atomic mass is 10.1. The summed E-state index contributed by atoms with van der Waals surface area (Å²) in [5.41, 5.74) is 0.689. The summed E-state index contributed by atoms with van der Waals surface area (Å²) in [4.78, 5) is 6.54. The van der Waals surface area contributed by atoms with Crippen LogP contribution in [0, 0.1) is 0 Å². The van der Waals surface area contributed by atoms with Crippen LogP contribution in [0.3, 0.4) is 0 Å². The van der Waals surface area contributed by atoms with Crippen LogP contribution >= 0.6 is 11.6 Å². The van der Waals surface area contributed by atoms with E-state index in [1.807, 2.05) is 36.1 Å². The number of piperidine rings is 1. The van der Waals surface area contributed by atoms with Crippen molar-refractivity contribution in [1.82, 2.24) is 4.98 Å². The molecule has 158 valence electrons. The van der Waals surface area contributed by atoms with Gasteiger partial charge in [0.1, 0.15) is 5.75 Å². The van der Waals surface area contributed by atoms with E-state index in [2.05, 4.69) is 4.98 Å². The number of halogens is 1. The molecule has 6 nitrogen and oxygen atoms in total. The molecule has 3 aromatic rings. The van der Waals surface area contributed by atoms with Crippen molar-refractivity contribution < 1.29 is 17.6 Å². The van der Waals surface area contributed by atoms with E-state index < -0.39 is 9.84 Å². The number of hydrogen-bond acceptors (Lipinski definition) is 6. The standard InChI is InChI=1S/C22H23ClN2O4S/c1-2-28-18-10-6-16(7-11-18)20-24-21(22(29-20)25-14-4-3-5-15-25)30(26,27)19-12-8-17(23)9-13-19/h6-13H,2-5,14-15H2,1H3. The van der Waals surface area contributed by atoms with E-state index in [4.69, 9.17) is 20.8 Å². The Morgan fingerprint density at radius 3 is 2.33 bits per heavy atom. The van der Waals surface area contributed by atoms with Crippen molar-refractivity contribution in [2.24, 2.45) is 0 Å². The van der Waals surface area contributed by atoms with Crippen molar-refractivity contribution in [3.63, 3.8) is 0 Å². The molecule has 1 fully saturated rings. The number of anilines is 1. The highest BCUT2D eigenvalue weighted by molar-refractivity contribution is 7.91. The molecule has 8 heteroatoms. The molecule has 4 rings (SSSR count). The number of benzene rings is 2. The largest absolute Gasteiger partial charge is 0.494 e. The normalized spacial score (nSPS) is 14.7. The highest BCUT2D eigenvalue weighted by Crippen LogP contribution is 2.36. The first-order valence-electron chi connectivity index (χ1n) is 9.98. The average molecular weight is 447 g/mol. The zero-order valence-corrected chi connectivity index (χ0v) is 18.2. The van der Waals surface area contributed by atoms with Crippen molar-refractivity contribution in [3.05, 3.63) is 53.6 Å². The van der Waals surface area contributed by atoms with Gasteiger partial charge in [-0.15, -0.1) is 0 Å². The van der Waals surface area contributed by atoms with E-state index in [0.29, 0.717) is 23.1 Å². The van der Waals surface area contributed by atoms with Gasteiger partial charge in [0.15, 0.2) is 0 Å². The Kier molecular flexibility index (Phi) is 6.01. The summed E-state index contributed by atoms with van der Waals surface area (Å²) in [5.74, 6) is 1.30. The Bertz CT molecular complexity index is 1100. The molecule has 0 radical (unpaired) electrons. The fourth-order valence-electron chi connectivity index (χ4n) is 3.48. The molecule has 0 aliphatic carbocycles. The first kappa shape index (κ1) is 20.8. The number of sulfone groups is 1. The predicted molar refractivity (Wildman–Crippen MR) is 116 cm³/mol. The van der Waals surface area contributed by atoms with Crippen molar-refractivity contribution in [3.8, 4) is 17.2 Å². The molecule has 0 N–H and O–H groups in total. The Morgan fingerprint density at radius 1 is 1.03 bits per heavy atom. The number of ether oxygens (including phenoxy) is 1. The van der Waals surface area contributed by atoms with Gasteiger partial charge in [0.05, 0.1) is 11.5 Å². The number of hydrogen-bond donors (Lipinski definition) is 0. The van der Waals surface area contributed by atoms with E-state index in [1.54, 1.807) is 12.1 Å². The number of rotatable bonds is 6. The molecule has 1 aliphatic rings. The molecule has 0 atom stereocenters. The van der Waals surface area contributed by atoms with Crippen molar-refractivity contribution >= 4 is 27.3 Å². The maximum Gasteiger partial charge on any atom is 0.236 e. The smallest absolute Gasteiger partial charge is 0.236 e. The molecule has 1 saturated heterocycles. The second-order valence-corrected chi connectivity index (χ2v) is 9.39. The van der Waals surface area contributed by atoms with Crippen molar-refractivity contribution in [2.45, 2.75) is 36.1 Å². The highest BCUT2D eigenvalue weighted by Gasteiger charge is 2.32. The van der Waals surface area contributed by atoms with Gasteiger partial charge in [-0.25, -0.2) is 8.42 Å². The first-order chi connectivity index (χ1) is 14.5. The molecule has 2 heterocycles. The van der Waals surface area contributed by atoms with Gasteiger partial charge in [-0.2, -0.15) is 4.98 Å². The van der Waals surface area contributed by atoms with Crippen molar-refractivity contribution in [2.75, 3.05) is 24.6 Å². The lowest BCUT2D eigenvalue weighted by Crippen LogP contribution is -2.30. The molecular weight excluding hydrogens is 424 g/mol. The Balaban J connectivity index is 1.78. The van der Waals surface area contributed by atoms with Gasteiger partial charge >= 0.3 is 0 Å². The quantitative estimate of drug-likeness (QED) is 0.517. The maximum atomic E-state index is 13.4. The van der Waals surface area contributed by atoms with Gasteiger partial charge in [0, 0.05) is 23.7 Å².